The fourth-order valence-corrected chi connectivity index (χ4v) is 4.93. The minimum absolute atomic E-state index is 0.0583. The van der Waals surface area contributed by atoms with Gasteiger partial charge in [0.25, 0.3) is 0 Å². The third kappa shape index (κ3) is 5.78. The van der Waals surface area contributed by atoms with Gasteiger partial charge in [-0.05, 0) is 48.7 Å². The quantitative estimate of drug-likeness (QED) is 0.289. The zero-order chi connectivity index (χ0) is 29.1. The molecular weight excluding hydrogens is 526 g/mol. The number of aromatic carboxylic acids is 1. The molecule has 41 heavy (non-hydrogen) atoms. The van der Waals surface area contributed by atoms with Gasteiger partial charge in [-0.3, -0.25) is 4.79 Å². The van der Waals surface area contributed by atoms with E-state index >= 15 is 0 Å². The number of nitrogen functional groups attached to an aromatic ring is 2. The Hall–Kier alpha value is -5.08. The maximum absolute atomic E-state index is 12.9. The first-order chi connectivity index (χ1) is 19.8. The highest BCUT2D eigenvalue weighted by Gasteiger charge is 2.20. The van der Waals surface area contributed by atoms with Gasteiger partial charge < -0.3 is 35.4 Å². The molecule has 210 valence electrons. The summed E-state index contributed by atoms with van der Waals surface area (Å²) < 4.78 is 18.7. The summed E-state index contributed by atoms with van der Waals surface area (Å²) in [5.41, 5.74) is 14.2. The SMILES string of the molecule is COc1cc(Cc2cnc(N)nc2N)cc(C#Cc2ccc3c(=O)c(C(=O)O)cn(CC4CCCO4)c3c2)c1OC. The third-order valence-corrected chi connectivity index (χ3v) is 6.93. The van der Waals surface area contributed by atoms with E-state index < -0.39 is 11.4 Å². The number of pyridine rings is 1. The van der Waals surface area contributed by atoms with Crippen LogP contribution in [-0.4, -0.2) is 52.5 Å². The molecule has 1 aliphatic rings. The standard InChI is InChI=1S/C30H29N5O6/c1-39-25-13-18(11-20-14-33-30(32)34-28(20)31)10-19(27(25)40-2)7-5-17-6-8-22-24(12-17)35(15-21-4-3-9-41-21)16-23(26(22)36)29(37)38/h6,8,10,12-14,16,21H,3-4,9,11,15H2,1-2H3,(H,37,38)(H4,31,32,33,34). The van der Waals surface area contributed by atoms with Crippen LogP contribution in [0.5, 0.6) is 11.5 Å². The molecule has 0 spiro atoms. The maximum atomic E-state index is 12.9. The number of nitrogens with two attached hydrogens (primary N) is 2. The number of fused-ring (bicyclic) bond motifs is 1. The number of ether oxygens (including phenoxy) is 3. The lowest BCUT2D eigenvalue weighted by Gasteiger charge is -2.16. The first-order valence-electron chi connectivity index (χ1n) is 12.9. The Morgan fingerprint density at radius 3 is 2.71 bits per heavy atom. The van der Waals surface area contributed by atoms with Crippen LogP contribution in [-0.2, 0) is 17.7 Å². The fourth-order valence-electron chi connectivity index (χ4n) is 4.93. The number of carbonyl (C=O) groups is 1. The molecule has 4 aromatic rings. The smallest absolute Gasteiger partial charge is 0.341 e. The minimum Gasteiger partial charge on any atom is -0.493 e. The van der Waals surface area contributed by atoms with Crippen LogP contribution in [0.3, 0.4) is 0 Å². The molecule has 0 saturated carbocycles. The summed E-state index contributed by atoms with van der Waals surface area (Å²) in [6.07, 6.45) is 5.13. The second kappa shape index (κ2) is 11.6. The predicted octanol–water partition coefficient (Wildman–Crippen LogP) is 2.84. The maximum Gasteiger partial charge on any atom is 0.341 e. The molecule has 11 heteroatoms. The van der Waals surface area contributed by atoms with Crippen molar-refractivity contribution >= 4 is 28.6 Å². The van der Waals surface area contributed by atoms with Crippen molar-refractivity contribution in [3.63, 3.8) is 0 Å². The highest BCUT2D eigenvalue weighted by atomic mass is 16.5. The number of rotatable bonds is 7. The fraction of sp³-hybridized carbons (Fsp3) is 0.267. The number of anilines is 2. The van der Waals surface area contributed by atoms with E-state index in [0.29, 0.717) is 58.7 Å². The van der Waals surface area contributed by atoms with Crippen molar-refractivity contribution in [1.29, 1.82) is 0 Å². The van der Waals surface area contributed by atoms with Crippen molar-refractivity contribution in [1.82, 2.24) is 14.5 Å². The summed E-state index contributed by atoms with van der Waals surface area (Å²) in [7, 11) is 3.08. The molecule has 1 unspecified atom stereocenters. The number of carboxylic acids is 1. The van der Waals surface area contributed by atoms with E-state index in [1.165, 1.54) is 13.3 Å². The zero-order valence-corrected chi connectivity index (χ0v) is 22.6. The lowest BCUT2D eigenvalue weighted by Crippen LogP contribution is -2.22. The average Bonchev–Trinajstić information content (AvgIpc) is 3.47. The number of carboxylic acid groups (broad SMARTS) is 1. The zero-order valence-electron chi connectivity index (χ0n) is 22.6. The summed E-state index contributed by atoms with van der Waals surface area (Å²) in [4.78, 5) is 32.7. The van der Waals surface area contributed by atoms with E-state index in [1.54, 1.807) is 36.1 Å². The van der Waals surface area contributed by atoms with Crippen molar-refractivity contribution in [2.75, 3.05) is 32.3 Å². The van der Waals surface area contributed by atoms with Gasteiger partial charge in [-0.1, -0.05) is 11.8 Å². The molecule has 0 amide bonds. The van der Waals surface area contributed by atoms with Crippen molar-refractivity contribution in [3.8, 4) is 23.3 Å². The van der Waals surface area contributed by atoms with Gasteiger partial charge in [-0.2, -0.15) is 4.98 Å². The molecule has 2 aromatic heterocycles. The second-order valence-electron chi connectivity index (χ2n) is 9.64. The van der Waals surface area contributed by atoms with Crippen LogP contribution in [0.25, 0.3) is 10.9 Å². The Morgan fingerprint density at radius 1 is 1.20 bits per heavy atom. The van der Waals surface area contributed by atoms with Crippen LogP contribution in [0, 0.1) is 11.8 Å². The van der Waals surface area contributed by atoms with Crippen LogP contribution in [0.4, 0.5) is 11.8 Å². The predicted molar refractivity (Wildman–Crippen MR) is 153 cm³/mol. The van der Waals surface area contributed by atoms with Crippen LogP contribution in [0.2, 0.25) is 0 Å². The highest BCUT2D eigenvalue weighted by molar-refractivity contribution is 5.93. The average molecular weight is 556 g/mol. The van der Waals surface area contributed by atoms with E-state index in [0.717, 1.165) is 18.4 Å². The molecule has 1 aliphatic heterocycles. The molecule has 5 rings (SSSR count). The third-order valence-electron chi connectivity index (χ3n) is 6.93. The number of nitrogens with zero attached hydrogens (tertiary/aromatic N) is 3. The van der Waals surface area contributed by atoms with Crippen LogP contribution in [0.1, 0.15) is 45.5 Å². The van der Waals surface area contributed by atoms with Crippen LogP contribution < -0.4 is 26.4 Å². The molecule has 0 bridgehead atoms. The summed E-state index contributed by atoms with van der Waals surface area (Å²) in [5, 5.41) is 9.91. The van der Waals surface area contributed by atoms with Gasteiger partial charge in [0.15, 0.2) is 11.5 Å². The first kappa shape index (κ1) is 27.5. The lowest BCUT2D eigenvalue weighted by atomic mass is 10.0. The molecule has 3 heterocycles. The number of hydrogen-bond donors (Lipinski definition) is 3. The summed E-state index contributed by atoms with van der Waals surface area (Å²) >= 11 is 0. The minimum atomic E-state index is -1.27. The molecule has 2 aromatic carbocycles. The van der Waals surface area contributed by atoms with Gasteiger partial charge in [0.2, 0.25) is 11.4 Å². The number of hydrogen-bond acceptors (Lipinski definition) is 9. The Morgan fingerprint density at radius 2 is 2.02 bits per heavy atom. The Bertz CT molecular complexity index is 1770. The Kier molecular flexibility index (Phi) is 7.76. The monoisotopic (exact) mass is 555 g/mol. The molecule has 0 aliphatic carbocycles. The van der Waals surface area contributed by atoms with Crippen molar-refractivity contribution in [3.05, 3.63) is 80.8 Å². The van der Waals surface area contributed by atoms with E-state index in [1.807, 2.05) is 12.1 Å². The van der Waals surface area contributed by atoms with Crippen molar-refractivity contribution < 1.29 is 24.1 Å². The highest BCUT2D eigenvalue weighted by Crippen LogP contribution is 2.33. The topological polar surface area (TPSA) is 165 Å². The normalized spacial score (nSPS) is 14.4. The molecule has 5 N–H and O–H groups in total. The van der Waals surface area contributed by atoms with E-state index in [4.69, 9.17) is 25.7 Å². The molecule has 11 nitrogen and oxygen atoms in total. The van der Waals surface area contributed by atoms with E-state index in [2.05, 4.69) is 21.8 Å². The van der Waals surface area contributed by atoms with Gasteiger partial charge in [0, 0.05) is 48.5 Å². The number of methoxy groups -OCH3 is 2. The number of benzene rings is 2. The Balaban J connectivity index is 1.56. The van der Waals surface area contributed by atoms with E-state index in [-0.39, 0.29) is 23.4 Å². The molecular formula is C30H29N5O6. The molecule has 1 saturated heterocycles. The summed E-state index contributed by atoms with van der Waals surface area (Å²) in [6, 6.07) is 8.79. The van der Waals surface area contributed by atoms with Crippen LogP contribution >= 0.6 is 0 Å². The van der Waals surface area contributed by atoms with Gasteiger partial charge in [-0.15, -0.1) is 0 Å². The van der Waals surface area contributed by atoms with Gasteiger partial charge in [0.05, 0.1) is 31.4 Å². The Labute approximate surface area is 235 Å². The van der Waals surface area contributed by atoms with Crippen LogP contribution in [0.15, 0.2) is 47.5 Å². The lowest BCUT2D eigenvalue weighted by molar-refractivity contribution is 0.0693. The van der Waals surface area contributed by atoms with E-state index in [9.17, 15) is 14.7 Å². The molecule has 1 atom stereocenters. The molecule has 0 radical (unpaired) electrons. The van der Waals surface area contributed by atoms with Crippen molar-refractivity contribution in [2.45, 2.75) is 31.9 Å². The van der Waals surface area contributed by atoms with Gasteiger partial charge in [0.1, 0.15) is 11.4 Å². The van der Waals surface area contributed by atoms with Gasteiger partial charge >= 0.3 is 5.97 Å². The van der Waals surface area contributed by atoms with Gasteiger partial charge in [-0.25, -0.2) is 9.78 Å². The first-order valence-corrected chi connectivity index (χ1v) is 12.9. The largest absolute Gasteiger partial charge is 0.493 e. The summed E-state index contributed by atoms with van der Waals surface area (Å²) in [5.74, 6) is 6.39. The van der Waals surface area contributed by atoms with Crippen molar-refractivity contribution in [2.24, 2.45) is 0 Å². The second-order valence-corrected chi connectivity index (χ2v) is 9.64. The molecule has 1 fully saturated rings. The summed E-state index contributed by atoms with van der Waals surface area (Å²) in [6.45, 7) is 1.09. The number of aromatic nitrogens is 3.